The van der Waals surface area contributed by atoms with Gasteiger partial charge in [-0.15, -0.1) is 0 Å². The number of carboxylic acid groups (broad SMARTS) is 1. The average molecular weight is 215 g/mol. The monoisotopic (exact) mass is 215 g/mol. The maximum absolute atomic E-state index is 10.9. The van der Waals surface area contributed by atoms with Crippen LogP contribution in [0, 0.1) is 11.3 Å². The standard InChI is InChI=1S/C12H9NO3/c13-7-8-1-2-11-10(5-8)6-9(12(14)15)3-4-16-11/h1-2,5-6H,3-4H2,(H,14,15). The Bertz CT molecular complexity index is 511. The van der Waals surface area contributed by atoms with Crippen molar-refractivity contribution in [2.75, 3.05) is 6.61 Å². The molecule has 0 saturated heterocycles. The molecular formula is C12H9NO3. The smallest absolute Gasteiger partial charge is 0.331 e. The van der Waals surface area contributed by atoms with E-state index in [9.17, 15) is 4.79 Å². The normalized spacial score (nSPS) is 13.8. The van der Waals surface area contributed by atoms with Crippen LogP contribution in [0.1, 0.15) is 17.5 Å². The van der Waals surface area contributed by atoms with E-state index in [-0.39, 0.29) is 0 Å². The molecule has 0 bridgehead atoms. The summed E-state index contributed by atoms with van der Waals surface area (Å²) in [5.41, 5.74) is 1.44. The van der Waals surface area contributed by atoms with Crippen molar-refractivity contribution < 1.29 is 14.6 Å². The molecule has 0 unspecified atom stereocenters. The summed E-state index contributed by atoms with van der Waals surface area (Å²) >= 11 is 0. The lowest BCUT2D eigenvalue weighted by atomic mass is 10.1. The van der Waals surface area contributed by atoms with Gasteiger partial charge in [-0.25, -0.2) is 4.79 Å². The van der Waals surface area contributed by atoms with Crippen LogP contribution >= 0.6 is 0 Å². The minimum Gasteiger partial charge on any atom is -0.493 e. The van der Waals surface area contributed by atoms with Gasteiger partial charge in [0, 0.05) is 17.6 Å². The summed E-state index contributed by atoms with van der Waals surface area (Å²) in [6.07, 6.45) is 1.93. The number of hydrogen-bond donors (Lipinski definition) is 1. The number of ether oxygens (including phenoxy) is 1. The van der Waals surface area contributed by atoms with Crippen LogP contribution in [0.2, 0.25) is 0 Å². The second-order valence-electron chi connectivity index (χ2n) is 3.44. The topological polar surface area (TPSA) is 70.3 Å². The molecule has 80 valence electrons. The van der Waals surface area contributed by atoms with Crippen molar-refractivity contribution in [1.82, 2.24) is 0 Å². The molecule has 16 heavy (non-hydrogen) atoms. The molecule has 0 radical (unpaired) electrons. The van der Waals surface area contributed by atoms with Gasteiger partial charge in [0.25, 0.3) is 0 Å². The number of aliphatic carboxylic acids is 1. The molecule has 1 aliphatic rings. The largest absolute Gasteiger partial charge is 0.493 e. The Morgan fingerprint density at radius 2 is 2.31 bits per heavy atom. The van der Waals surface area contributed by atoms with Gasteiger partial charge in [-0.05, 0) is 24.3 Å². The number of fused-ring (bicyclic) bond motifs is 1. The molecule has 1 aliphatic heterocycles. The van der Waals surface area contributed by atoms with Crippen LogP contribution in [0.5, 0.6) is 5.75 Å². The fourth-order valence-electron chi connectivity index (χ4n) is 1.56. The van der Waals surface area contributed by atoms with E-state index in [0.29, 0.717) is 35.5 Å². The molecule has 4 nitrogen and oxygen atoms in total. The first kappa shape index (κ1) is 10.2. The van der Waals surface area contributed by atoms with Crippen LogP contribution < -0.4 is 4.74 Å². The molecule has 1 N–H and O–H groups in total. The summed E-state index contributed by atoms with van der Waals surface area (Å²) in [4.78, 5) is 10.9. The van der Waals surface area contributed by atoms with Gasteiger partial charge in [0.15, 0.2) is 0 Å². The highest BCUT2D eigenvalue weighted by atomic mass is 16.5. The van der Waals surface area contributed by atoms with Crippen molar-refractivity contribution in [3.8, 4) is 11.8 Å². The number of nitrogens with zero attached hydrogens (tertiary/aromatic N) is 1. The molecule has 1 heterocycles. The molecule has 0 amide bonds. The third-order valence-corrected chi connectivity index (χ3v) is 2.37. The van der Waals surface area contributed by atoms with Crippen molar-refractivity contribution in [2.24, 2.45) is 0 Å². The predicted octanol–water partition coefficient (Wildman–Crippen LogP) is 1.81. The van der Waals surface area contributed by atoms with Crippen LogP contribution in [0.25, 0.3) is 6.08 Å². The molecule has 4 heteroatoms. The van der Waals surface area contributed by atoms with E-state index >= 15 is 0 Å². The second-order valence-corrected chi connectivity index (χ2v) is 3.44. The summed E-state index contributed by atoms with van der Waals surface area (Å²) in [6.45, 7) is 0.344. The Morgan fingerprint density at radius 3 is 3.00 bits per heavy atom. The third kappa shape index (κ3) is 1.89. The number of carbonyl (C=O) groups is 1. The molecule has 0 fully saturated rings. The molecule has 0 aliphatic carbocycles. The van der Waals surface area contributed by atoms with E-state index in [1.54, 1.807) is 24.3 Å². The number of carboxylic acids is 1. The number of benzene rings is 1. The van der Waals surface area contributed by atoms with Crippen molar-refractivity contribution in [1.29, 1.82) is 5.26 Å². The predicted molar refractivity (Wildman–Crippen MR) is 56.9 cm³/mol. The van der Waals surface area contributed by atoms with E-state index < -0.39 is 5.97 Å². The Labute approximate surface area is 92.4 Å². The highest BCUT2D eigenvalue weighted by Crippen LogP contribution is 2.26. The van der Waals surface area contributed by atoms with Gasteiger partial charge >= 0.3 is 5.97 Å². The van der Waals surface area contributed by atoms with E-state index in [1.165, 1.54) is 0 Å². The lowest BCUT2D eigenvalue weighted by Crippen LogP contribution is -2.03. The van der Waals surface area contributed by atoms with Gasteiger partial charge in [0.05, 0.1) is 18.2 Å². The van der Waals surface area contributed by atoms with Crippen LogP contribution in [0.15, 0.2) is 23.8 Å². The third-order valence-electron chi connectivity index (χ3n) is 2.37. The highest BCUT2D eigenvalue weighted by Gasteiger charge is 2.14. The minimum atomic E-state index is -0.946. The second kappa shape index (κ2) is 4.07. The molecule has 0 saturated carbocycles. The number of nitriles is 1. The summed E-state index contributed by atoms with van der Waals surface area (Å²) in [5, 5.41) is 17.7. The van der Waals surface area contributed by atoms with Crippen LogP contribution in [-0.2, 0) is 4.79 Å². The Hall–Kier alpha value is -2.28. The van der Waals surface area contributed by atoms with Crippen LogP contribution in [0.4, 0.5) is 0 Å². The molecule has 0 atom stereocenters. The van der Waals surface area contributed by atoms with Gasteiger partial charge in [-0.2, -0.15) is 5.26 Å². The summed E-state index contributed by atoms with van der Waals surface area (Å²) < 4.78 is 5.40. The van der Waals surface area contributed by atoms with E-state index in [2.05, 4.69) is 0 Å². The van der Waals surface area contributed by atoms with Crippen LogP contribution in [0.3, 0.4) is 0 Å². The maximum Gasteiger partial charge on any atom is 0.331 e. The zero-order chi connectivity index (χ0) is 11.5. The Morgan fingerprint density at radius 1 is 1.50 bits per heavy atom. The molecular weight excluding hydrogens is 206 g/mol. The molecule has 0 spiro atoms. The van der Waals surface area contributed by atoms with Crippen molar-refractivity contribution in [3.05, 3.63) is 34.9 Å². The van der Waals surface area contributed by atoms with E-state index in [4.69, 9.17) is 15.1 Å². The summed E-state index contributed by atoms with van der Waals surface area (Å²) in [7, 11) is 0. The van der Waals surface area contributed by atoms with Crippen LogP contribution in [-0.4, -0.2) is 17.7 Å². The maximum atomic E-state index is 10.9. The summed E-state index contributed by atoms with van der Waals surface area (Å²) in [6, 6.07) is 6.98. The van der Waals surface area contributed by atoms with Crippen molar-refractivity contribution in [2.45, 2.75) is 6.42 Å². The van der Waals surface area contributed by atoms with Gasteiger partial charge in [0.2, 0.25) is 0 Å². The quantitative estimate of drug-likeness (QED) is 0.775. The summed E-state index contributed by atoms with van der Waals surface area (Å²) in [5.74, 6) is -0.325. The first-order chi connectivity index (χ1) is 7.70. The lowest BCUT2D eigenvalue weighted by Gasteiger charge is -2.05. The van der Waals surface area contributed by atoms with Crippen molar-refractivity contribution >= 4 is 12.0 Å². The Kier molecular flexibility index (Phi) is 2.61. The lowest BCUT2D eigenvalue weighted by molar-refractivity contribution is -0.132. The Balaban J connectivity index is 2.51. The molecule has 2 rings (SSSR count). The highest BCUT2D eigenvalue weighted by molar-refractivity contribution is 5.93. The van der Waals surface area contributed by atoms with Gasteiger partial charge in [-0.3, -0.25) is 0 Å². The van der Waals surface area contributed by atoms with Gasteiger partial charge in [-0.1, -0.05) is 0 Å². The van der Waals surface area contributed by atoms with E-state index in [0.717, 1.165) is 0 Å². The number of hydrogen-bond acceptors (Lipinski definition) is 3. The van der Waals surface area contributed by atoms with Gasteiger partial charge in [0.1, 0.15) is 5.75 Å². The van der Waals surface area contributed by atoms with E-state index in [1.807, 2.05) is 6.07 Å². The zero-order valence-corrected chi connectivity index (χ0v) is 8.43. The average Bonchev–Trinajstić information content (AvgIpc) is 2.49. The van der Waals surface area contributed by atoms with Gasteiger partial charge < -0.3 is 9.84 Å². The molecule has 0 aromatic heterocycles. The SMILES string of the molecule is N#Cc1ccc2c(c1)C=C(C(=O)O)CCO2. The number of rotatable bonds is 1. The fourth-order valence-corrected chi connectivity index (χ4v) is 1.56. The zero-order valence-electron chi connectivity index (χ0n) is 8.43. The first-order valence-electron chi connectivity index (χ1n) is 4.81. The first-order valence-corrected chi connectivity index (χ1v) is 4.81. The fraction of sp³-hybridized carbons (Fsp3) is 0.167. The minimum absolute atomic E-state index is 0.300. The molecule has 1 aromatic carbocycles. The molecule has 1 aromatic rings. The van der Waals surface area contributed by atoms with Crippen molar-refractivity contribution in [3.63, 3.8) is 0 Å².